The number of benzene rings is 1. The number of hydrogen-bond donors (Lipinski definition) is 1. The number of carbonyl (C=O) groups is 2. The van der Waals surface area contributed by atoms with Gasteiger partial charge in [-0.2, -0.15) is 0 Å². The minimum absolute atomic E-state index is 0.102. The zero-order valence-corrected chi connectivity index (χ0v) is 11.1. The molecule has 0 radical (unpaired) electrons. The Hall–Kier alpha value is -2.64. The van der Waals surface area contributed by atoms with Crippen molar-refractivity contribution in [1.29, 1.82) is 0 Å². The molecule has 1 N–H and O–H groups in total. The van der Waals surface area contributed by atoms with E-state index in [2.05, 4.69) is 0 Å². The van der Waals surface area contributed by atoms with Gasteiger partial charge in [-0.1, -0.05) is 12.1 Å². The molecule has 0 saturated carbocycles. The molecule has 0 aromatic heterocycles. The Labute approximate surface area is 120 Å². The first kappa shape index (κ1) is 14.8. The lowest BCUT2D eigenvalue weighted by atomic mass is 10.1. The van der Waals surface area contributed by atoms with Crippen LogP contribution in [0.2, 0.25) is 0 Å². The Morgan fingerprint density at radius 2 is 2.14 bits per heavy atom. The second kappa shape index (κ2) is 6.21. The van der Waals surface area contributed by atoms with E-state index in [-0.39, 0.29) is 18.8 Å². The van der Waals surface area contributed by atoms with Gasteiger partial charge in [0.15, 0.2) is 0 Å². The van der Waals surface area contributed by atoms with Crippen molar-refractivity contribution in [3.63, 3.8) is 0 Å². The first-order valence-electron chi connectivity index (χ1n) is 6.36. The van der Waals surface area contributed by atoms with Gasteiger partial charge >= 0.3 is 12.1 Å². The zero-order chi connectivity index (χ0) is 15.4. The molecule has 1 fully saturated rings. The van der Waals surface area contributed by atoms with E-state index in [1.807, 2.05) is 0 Å². The van der Waals surface area contributed by atoms with Crippen LogP contribution in [-0.4, -0.2) is 40.1 Å². The molecule has 1 aliphatic rings. The highest BCUT2D eigenvalue weighted by Gasteiger charge is 2.32. The van der Waals surface area contributed by atoms with Crippen molar-refractivity contribution in [2.24, 2.45) is 5.92 Å². The van der Waals surface area contributed by atoms with Crippen LogP contribution >= 0.6 is 0 Å². The number of rotatable bonds is 4. The topological polar surface area (TPSA) is 110 Å². The number of carboxylic acid groups (broad SMARTS) is 1. The van der Waals surface area contributed by atoms with E-state index >= 15 is 0 Å². The van der Waals surface area contributed by atoms with Gasteiger partial charge in [0.1, 0.15) is 6.61 Å². The molecule has 1 amide bonds. The summed E-state index contributed by atoms with van der Waals surface area (Å²) in [5, 5.41) is 19.7. The molecule has 8 heteroatoms. The van der Waals surface area contributed by atoms with Crippen LogP contribution in [0.1, 0.15) is 12.0 Å². The molecule has 1 atom stereocenters. The monoisotopic (exact) mass is 294 g/mol. The fraction of sp³-hybridized carbons (Fsp3) is 0.385. The van der Waals surface area contributed by atoms with Crippen LogP contribution in [0.15, 0.2) is 24.3 Å². The number of nitrogens with zero attached hydrogens (tertiary/aromatic N) is 2. The summed E-state index contributed by atoms with van der Waals surface area (Å²) in [7, 11) is 0. The van der Waals surface area contributed by atoms with Crippen molar-refractivity contribution < 1.29 is 24.4 Å². The van der Waals surface area contributed by atoms with Crippen molar-refractivity contribution in [1.82, 2.24) is 4.90 Å². The van der Waals surface area contributed by atoms with Crippen LogP contribution in [0.4, 0.5) is 10.5 Å². The largest absolute Gasteiger partial charge is 0.465 e. The van der Waals surface area contributed by atoms with Crippen LogP contribution in [0.3, 0.4) is 0 Å². The summed E-state index contributed by atoms with van der Waals surface area (Å²) in [5.74, 6) is -1.04. The number of likely N-dealkylation sites (tertiary alicyclic amines) is 1. The highest BCUT2D eigenvalue weighted by molar-refractivity contribution is 5.75. The molecule has 21 heavy (non-hydrogen) atoms. The third kappa shape index (κ3) is 3.47. The van der Waals surface area contributed by atoms with Gasteiger partial charge < -0.3 is 14.7 Å². The summed E-state index contributed by atoms with van der Waals surface area (Å²) in [6, 6.07) is 6.01. The maximum atomic E-state index is 11.9. The molecule has 1 heterocycles. The predicted molar refractivity (Wildman–Crippen MR) is 70.6 cm³/mol. The van der Waals surface area contributed by atoms with Gasteiger partial charge in [0.05, 0.1) is 16.4 Å². The van der Waals surface area contributed by atoms with E-state index in [9.17, 15) is 19.7 Å². The fourth-order valence-corrected chi connectivity index (χ4v) is 2.20. The third-order valence-electron chi connectivity index (χ3n) is 3.35. The summed E-state index contributed by atoms with van der Waals surface area (Å²) in [6.45, 7) is 0.200. The van der Waals surface area contributed by atoms with Crippen molar-refractivity contribution in [3.05, 3.63) is 39.9 Å². The average Bonchev–Trinajstić information content (AvgIpc) is 2.95. The first-order valence-corrected chi connectivity index (χ1v) is 6.36. The number of amides is 1. The van der Waals surface area contributed by atoms with Gasteiger partial charge in [-0.25, -0.2) is 4.79 Å². The lowest BCUT2D eigenvalue weighted by molar-refractivity contribution is -0.385. The molecule has 0 bridgehead atoms. The zero-order valence-electron chi connectivity index (χ0n) is 11.1. The Morgan fingerprint density at radius 3 is 2.76 bits per heavy atom. The van der Waals surface area contributed by atoms with E-state index in [1.54, 1.807) is 6.07 Å². The molecule has 1 aromatic carbocycles. The first-order chi connectivity index (χ1) is 9.99. The predicted octanol–water partition coefficient (Wildman–Crippen LogP) is 1.64. The summed E-state index contributed by atoms with van der Waals surface area (Å²) < 4.78 is 5.07. The SMILES string of the molecule is O=C(OCc1ccccc1[N+](=O)[O-])C1CCN(C(=O)O)C1. The second-order valence-electron chi connectivity index (χ2n) is 4.71. The Morgan fingerprint density at radius 1 is 1.43 bits per heavy atom. The van der Waals surface area contributed by atoms with Crippen molar-refractivity contribution in [3.8, 4) is 0 Å². The highest BCUT2D eigenvalue weighted by atomic mass is 16.6. The Bertz CT molecular complexity index is 574. The standard InChI is InChI=1S/C13H14N2O6/c16-12(9-5-6-14(7-9)13(17)18)21-8-10-3-1-2-4-11(10)15(19)20/h1-4,9H,5-8H2,(H,17,18). The molecule has 1 aliphatic heterocycles. The molecule has 2 rings (SSSR count). The molecule has 1 aromatic rings. The van der Waals surface area contributed by atoms with E-state index in [0.717, 1.165) is 4.90 Å². The fourth-order valence-electron chi connectivity index (χ4n) is 2.20. The maximum Gasteiger partial charge on any atom is 0.407 e. The van der Waals surface area contributed by atoms with E-state index in [1.165, 1.54) is 18.2 Å². The second-order valence-corrected chi connectivity index (χ2v) is 4.71. The third-order valence-corrected chi connectivity index (χ3v) is 3.35. The van der Waals surface area contributed by atoms with Crippen LogP contribution in [-0.2, 0) is 16.1 Å². The summed E-state index contributed by atoms with van der Waals surface area (Å²) >= 11 is 0. The van der Waals surface area contributed by atoms with Gasteiger partial charge in [0.2, 0.25) is 0 Å². The van der Waals surface area contributed by atoms with Crippen molar-refractivity contribution >= 4 is 17.7 Å². The van der Waals surface area contributed by atoms with E-state index in [4.69, 9.17) is 9.84 Å². The molecule has 0 aliphatic carbocycles. The number of esters is 1. The minimum atomic E-state index is -1.07. The molecular formula is C13H14N2O6. The minimum Gasteiger partial charge on any atom is -0.465 e. The maximum absolute atomic E-state index is 11.9. The van der Waals surface area contributed by atoms with Gasteiger partial charge in [-0.3, -0.25) is 14.9 Å². The van der Waals surface area contributed by atoms with Gasteiger partial charge in [-0.05, 0) is 12.5 Å². The lowest BCUT2D eigenvalue weighted by Crippen LogP contribution is -2.28. The van der Waals surface area contributed by atoms with Crippen molar-refractivity contribution in [2.75, 3.05) is 13.1 Å². The molecule has 1 unspecified atom stereocenters. The number of ether oxygens (including phenoxy) is 1. The molecule has 112 valence electrons. The number of para-hydroxylation sites is 1. The molecular weight excluding hydrogens is 280 g/mol. The number of carbonyl (C=O) groups excluding carboxylic acids is 1. The lowest BCUT2D eigenvalue weighted by Gasteiger charge is -2.12. The number of hydrogen-bond acceptors (Lipinski definition) is 5. The summed E-state index contributed by atoms with van der Waals surface area (Å²) in [4.78, 5) is 34.1. The van der Waals surface area contributed by atoms with Gasteiger partial charge in [0.25, 0.3) is 5.69 Å². The Kier molecular flexibility index (Phi) is 4.36. The van der Waals surface area contributed by atoms with Crippen LogP contribution in [0.5, 0.6) is 0 Å². The van der Waals surface area contributed by atoms with Gasteiger partial charge in [0, 0.05) is 19.2 Å². The summed E-state index contributed by atoms with van der Waals surface area (Å²) in [6.07, 6.45) is -0.661. The molecule has 0 spiro atoms. The molecule has 8 nitrogen and oxygen atoms in total. The highest BCUT2D eigenvalue weighted by Crippen LogP contribution is 2.21. The average molecular weight is 294 g/mol. The normalized spacial score (nSPS) is 17.5. The van der Waals surface area contributed by atoms with Gasteiger partial charge in [-0.15, -0.1) is 0 Å². The van der Waals surface area contributed by atoms with Crippen molar-refractivity contribution in [2.45, 2.75) is 13.0 Å². The van der Waals surface area contributed by atoms with E-state index < -0.39 is 22.9 Å². The van der Waals surface area contributed by atoms with E-state index in [0.29, 0.717) is 18.5 Å². The smallest absolute Gasteiger partial charge is 0.407 e. The number of nitro benzene ring substituents is 1. The van der Waals surface area contributed by atoms with Crippen LogP contribution in [0.25, 0.3) is 0 Å². The summed E-state index contributed by atoms with van der Waals surface area (Å²) in [5.41, 5.74) is 0.202. The quantitative estimate of drug-likeness (QED) is 0.513. The Balaban J connectivity index is 1.93. The number of nitro groups is 1. The van der Waals surface area contributed by atoms with Crippen LogP contribution in [0, 0.1) is 16.0 Å². The molecule has 1 saturated heterocycles. The van der Waals surface area contributed by atoms with Crippen LogP contribution < -0.4 is 0 Å².